The van der Waals surface area contributed by atoms with Crippen molar-refractivity contribution in [1.29, 1.82) is 0 Å². The SMILES string of the molecule is C/C=C\C1=C(C(=O)OC(C)OC(=O)OC2CCCCC2)N2C(=O)C(NC(=O)/C(=N\O)c3csc(N)n3)C2SC1. The minimum Gasteiger partial charge on any atom is -0.431 e. The maximum absolute atomic E-state index is 13.2. The molecule has 2 amide bonds. The number of oxime groups is 1. The van der Waals surface area contributed by atoms with Gasteiger partial charge in [-0.2, -0.15) is 0 Å². The molecule has 3 heterocycles. The highest BCUT2D eigenvalue weighted by Gasteiger charge is 2.54. The standard InChI is InChI=1S/C24H29N5O8S2/c1-3-7-13-10-38-21-17(27-19(30)16(28-34)15-11-39-23(25)26-15)20(31)29(21)18(13)22(32)35-12(2)36-24(33)37-14-8-5-4-6-9-14/h3,7,11-12,14,17,21,34H,4-6,8-10H2,1-2H3,(H2,25,26)(H,27,30)/b7-3-,28-16-. The van der Waals surface area contributed by atoms with Gasteiger partial charge in [0, 0.05) is 18.1 Å². The number of nitrogen functional groups attached to an aromatic ring is 1. The Morgan fingerprint density at radius 1 is 1.28 bits per heavy atom. The average molecular weight is 580 g/mol. The molecular formula is C24H29N5O8S2. The molecule has 3 atom stereocenters. The number of ether oxygens (including phenoxy) is 3. The van der Waals surface area contributed by atoms with Gasteiger partial charge < -0.3 is 30.5 Å². The number of carbonyl (C=O) groups excluding carboxylic acids is 4. The van der Waals surface area contributed by atoms with Crippen LogP contribution in [-0.2, 0) is 28.6 Å². The summed E-state index contributed by atoms with van der Waals surface area (Å²) in [5.41, 5.74) is 5.78. The van der Waals surface area contributed by atoms with Crippen LogP contribution in [0.15, 0.2) is 34.0 Å². The quantitative estimate of drug-likeness (QED) is 0.103. The van der Waals surface area contributed by atoms with E-state index in [1.807, 2.05) is 0 Å². The number of hydrogen-bond donors (Lipinski definition) is 3. The zero-order valence-corrected chi connectivity index (χ0v) is 23.0. The van der Waals surface area contributed by atoms with Crippen LogP contribution in [0, 0.1) is 0 Å². The molecule has 15 heteroatoms. The molecule has 2 aliphatic heterocycles. The van der Waals surface area contributed by atoms with Gasteiger partial charge in [-0.3, -0.25) is 14.5 Å². The molecule has 3 aliphatic rings. The molecule has 39 heavy (non-hydrogen) atoms. The third kappa shape index (κ3) is 6.36. The second kappa shape index (κ2) is 12.5. The van der Waals surface area contributed by atoms with Gasteiger partial charge in [0.05, 0.1) is 0 Å². The van der Waals surface area contributed by atoms with E-state index in [0.29, 0.717) is 11.3 Å². The number of rotatable bonds is 8. The molecule has 1 aliphatic carbocycles. The van der Waals surface area contributed by atoms with Gasteiger partial charge in [-0.15, -0.1) is 23.1 Å². The number of nitrogens with zero attached hydrogens (tertiary/aromatic N) is 3. The summed E-state index contributed by atoms with van der Waals surface area (Å²) >= 11 is 2.40. The summed E-state index contributed by atoms with van der Waals surface area (Å²) in [7, 11) is 0. The maximum atomic E-state index is 13.2. The Bertz CT molecular complexity index is 1220. The van der Waals surface area contributed by atoms with Crippen LogP contribution >= 0.6 is 23.1 Å². The lowest BCUT2D eigenvalue weighted by Gasteiger charge is -2.49. The number of allylic oxidation sites excluding steroid dienone is 2. The van der Waals surface area contributed by atoms with Gasteiger partial charge in [0.1, 0.15) is 28.9 Å². The largest absolute Gasteiger partial charge is 0.511 e. The van der Waals surface area contributed by atoms with Crippen LogP contribution in [0.25, 0.3) is 0 Å². The van der Waals surface area contributed by atoms with Gasteiger partial charge >= 0.3 is 12.1 Å². The first kappa shape index (κ1) is 28.4. The lowest BCUT2D eigenvalue weighted by atomic mass is 9.98. The Morgan fingerprint density at radius 2 is 2.03 bits per heavy atom. The van der Waals surface area contributed by atoms with Gasteiger partial charge in [-0.1, -0.05) is 23.7 Å². The summed E-state index contributed by atoms with van der Waals surface area (Å²) in [4.78, 5) is 56.3. The van der Waals surface area contributed by atoms with Crippen LogP contribution in [0.4, 0.5) is 9.93 Å². The van der Waals surface area contributed by atoms with E-state index in [0.717, 1.165) is 43.4 Å². The molecule has 210 valence electrons. The van der Waals surface area contributed by atoms with E-state index in [2.05, 4.69) is 15.5 Å². The summed E-state index contributed by atoms with van der Waals surface area (Å²) in [5.74, 6) is -1.90. The molecule has 1 saturated carbocycles. The van der Waals surface area contributed by atoms with Crippen molar-refractivity contribution in [3.05, 3.63) is 34.5 Å². The van der Waals surface area contributed by atoms with Crippen molar-refractivity contribution in [3.63, 3.8) is 0 Å². The topological polar surface area (TPSA) is 183 Å². The number of nitrogens with two attached hydrogens (primary N) is 1. The number of β-lactam (4-membered cyclic amide) rings is 1. The zero-order chi connectivity index (χ0) is 28.1. The van der Waals surface area contributed by atoms with Gasteiger partial charge in [-0.05, 0) is 38.2 Å². The number of aromatic nitrogens is 1. The molecular weight excluding hydrogens is 550 g/mol. The lowest BCUT2D eigenvalue weighted by Crippen LogP contribution is -2.71. The second-order valence-electron chi connectivity index (χ2n) is 8.97. The number of thiazole rings is 1. The number of thioether (sulfide) groups is 1. The van der Waals surface area contributed by atoms with Crippen LogP contribution in [0.2, 0.25) is 0 Å². The van der Waals surface area contributed by atoms with Crippen LogP contribution < -0.4 is 11.1 Å². The fourth-order valence-electron chi connectivity index (χ4n) is 4.49. The summed E-state index contributed by atoms with van der Waals surface area (Å²) < 4.78 is 15.8. The van der Waals surface area contributed by atoms with E-state index in [4.69, 9.17) is 19.9 Å². The summed E-state index contributed by atoms with van der Waals surface area (Å²) in [6.45, 7) is 3.15. The average Bonchev–Trinajstić information content (AvgIpc) is 3.33. The van der Waals surface area contributed by atoms with Crippen molar-refractivity contribution in [2.24, 2.45) is 5.16 Å². The highest BCUT2D eigenvalue weighted by Crippen LogP contribution is 2.41. The van der Waals surface area contributed by atoms with E-state index in [-0.39, 0.29) is 22.6 Å². The van der Waals surface area contributed by atoms with E-state index in [1.165, 1.54) is 29.0 Å². The van der Waals surface area contributed by atoms with Crippen LogP contribution in [0.5, 0.6) is 0 Å². The first-order valence-corrected chi connectivity index (χ1v) is 14.3. The number of hydrogen-bond acceptors (Lipinski definition) is 13. The Morgan fingerprint density at radius 3 is 2.67 bits per heavy atom. The number of fused-ring (bicyclic) bond motifs is 1. The van der Waals surface area contributed by atoms with Gasteiger partial charge in [-0.25, -0.2) is 14.6 Å². The van der Waals surface area contributed by atoms with Gasteiger partial charge in [0.25, 0.3) is 11.8 Å². The first-order chi connectivity index (χ1) is 18.7. The predicted molar refractivity (Wildman–Crippen MR) is 142 cm³/mol. The normalized spacial score (nSPS) is 22.7. The lowest BCUT2D eigenvalue weighted by molar-refractivity contribution is -0.169. The van der Waals surface area contributed by atoms with E-state index < -0.39 is 47.4 Å². The molecule has 0 spiro atoms. The number of nitrogens with one attached hydrogen (secondary N) is 1. The molecule has 0 radical (unpaired) electrons. The molecule has 1 saturated heterocycles. The summed E-state index contributed by atoms with van der Waals surface area (Å²) in [6, 6.07) is -0.996. The van der Waals surface area contributed by atoms with Gasteiger partial charge in [0.15, 0.2) is 10.8 Å². The highest BCUT2D eigenvalue weighted by molar-refractivity contribution is 8.00. The summed E-state index contributed by atoms with van der Waals surface area (Å²) in [6.07, 6.45) is 5.58. The molecule has 2 fully saturated rings. The number of amides is 2. The van der Waals surface area contributed by atoms with Crippen LogP contribution in [-0.4, -0.2) is 74.3 Å². The Labute approximate surface area is 232 Å². The molecule has 0 aromatic carbocycles. The van der Waals surface area contributed by atoms with Crippen molar-refractivity contribution in [3.8, 4) is 0 Å². The Kier molecular flexibility index (Phi) is 9.12. The molecule has 4 rings (SSSR count). The molecule has 0 bridgehead atoms. The molecule has 1 aromatic rings. The fraction of sp³-hybridized carbons (Fsp3) is 0.500. The van der Waals surface area contributed by atoms with Crippen molar-refractivity contribution >= 4 is 57.9 Å². The highest BCUT2D eigenvalue weighted by atomic mass is 32.2. The molecule has 3 unspecified atom stereocenters. The predicted octanol–water partition coefficient (Wildman–Crippen LogP) is 2.51. The van der Waals surface area contributed by atoms with Crippen molar-refractivity contribution in [1.82, 2.24) is 15.2 Å². The third-order valence-corrected chi connectivity index (χ3v) is 8.25. The maximum Gasteiger partial charge on any atom is 0.511 e. The van der Waals surface area contributed by atoms with Crippen molar-refractivity contribution < 1.29 is 38.6 Å². The van der Waals surface area contributed by atoms with Crippen molar-refractivity contribution in [2.75, 3.05) is 11.5 Å². The monoisotopic (exact) mass is 579 g/mol. The van der Waals surface area contributed by atoms with Crippen molar-refractivity contribution in [2.45, 2.75) is 69.8 Å². The zero-order valence-electron chi connectivity index (χ0n) is 21.3. The molecule has 1 aromatic heterocycles. The summed E-state index contributed by atoms with van der Waals surface area (Å²) in [5, 5.41) is 15.9. The third-order valence-electron chi connectivity index (χ3n) is 6.28. The second-order valence-corrected chi connectivity index (χ2v) is 11.0. The Balaban J connectivity index is 1.41. The number of carbonyl (C=O) groups is 4. The van der Waals surface area contributed by atoms with Gasteiger partial charge in [0.2, 0.25) is 6.29 Å². The molecule has 4 N–H and O–H groups in total. The van der Waals surface area contributed by atoms with Crippen LogP contribution in [0.1, 0.15) is 51.6 Å². The number of esters is 1. The van der Waals surface area contributed by atoms with Crippen LogP contribution in [0.3, 0.4) is 0 Å². The smallest absolute Gasteiger partial charge is 0.431 e. The molecule has 13 nitrogen and oxygen atoms in total. The number of anilines is 1. The fourth-order valence-corrected chi connectivity index (χ4v) is 6.36. The van der Waals surface area contributed by atoms with E-state index >= 15 is 0 Å². The van der Waals surface area contributed by atoms with E-state index in [1.54, 1.807) is 19.1 Å². The minimum absolute atomic E-state index is 0.00762. The van der Waals surface area contributed by atoms with E-state index in [9.17, 15) is 24.4 Å². The first-order valence-electron chi connectivity index (χ1n) is 12.4. The Hall–Kier alpha value is -3.59. The minimum atomic E-state index is -1.26.